The number of carbonyl (C=O) groups excluding carboxylic acids is 1. The molecule has 2 aromatic rings. The smallest absolute Gasteiger partial charge is 0.229 e. The van der Waals surface area contributed by atoms with Crippen LogP contribution >= 0.6 is 11.3 Å². The minimum absolute atomic E-state index is 0.0379. The Hall–Kier alpha value is -1.75. The molecule has 0 saturated carbocycles. The van der Waals surface area contributed by atoms with Gasteiger partial charge in [-0.2, -0.15) is 0 Å². The van der Waals surface area contributed by atoms with Crippen LogP contribution in [0.2, 0.25) is 0 Å². The number of unbranched alkanes of at least 4 members (excludes halogenated alkanes) is 1. The number of hydrogen-bond acceptors (Lipinski definition) is 3. The van der Waals surface area contributed by atoms with Gasteiger partial charge in [-0.15, -0.1) is 11.3 Å². The van der Waals surface area contributed by atoms with Crippen LogP contribution in [0.1, 0.15) is 39.5 Å². The van der Waals surface area contributed by atoms with Crippen molar-refractivity contribution in [2.24, 2.45) is 5.92 Å². The summed E-state index contributed by atoms with van der Waals surface area (Å²) in [7, 11) is 0. The molecule has 3 nitrogen and oxygen atoms in total. The molecular formula is C17H21FN2OS. The molecule has 1 aromatic carbocycles. The number of carbonyl (C=O) groups is 1. The number of anilines is 1. The Labute approximate surface area is 134 Å². The summed E-state index contributed by atoms with van der Waals surface area (Å²) in [5.41, 5.74) is 1.60. The molecular weight excluding hydrogens is 299 g/mol. The average molecular weight is 320 g/mol. The Morgan fingerprint density at radius 3 is 2.68 bits per heavy atom. The number of rotatable bonds is 7. The second-order valence-electron chi connectivity index (χ2n) is 5.28. The Kier molecular flexibility index (Phi) is 6.07. The van der Waals surface area contributed by atoms with Crippen LogP contribution in [0, 0.1) is 11.7 Å². The molecule has 1 atom stereocenters. The number of hydrogen-bond donors (Lipinski definition) is 1. The molecule has 2 rings (SSSR count). The fourth-order valence-corrected chi connectivity index (χ4v) is 2.99. The van der Waals surface area contributed by atoms with Crippen molar-refractivity contribution in [2.75, 3.05) is 5.32 Å². The van der Waals surface area contributed by atoms with E-state index in [4.69, 9.17) is 0 Å². The van der Waals surface area contributed by atoms with Crippen molar-refractivity contribution in [3.63, 3.8) is 0 Å². The van der Waals surface area contributed by atoms with E-state index in [1.165, 1.54) is 23.5 Å². The lowest BCUT2D eigenvalue weighted by Gasteiger charge is -2.12. The van der Waals surface area contributed by atoms with Gasteiger partial charge in [-0.1, -0.05) is 26.7 Å². The molecule has 0 spiro atoms. The summed E-state index contributed by atoms with van der Waals surface area (Å²) in [5.74, 6) is -0.191. The molecule has 0 aliphatic rings. The third-order valence-corrected chi connectivity index (χ3v) is 4.40. The summed E-state index contributed by atoms with van der Waals surface area (Å²) in [5, 5.41) is 5.37. The predicted molar refractivity (Wildman–Crippen MR) is 89.4 cm³/mol. The van der Waals surface area contributed by atoms with Gasteiger partial charge in [0.25, 0.3) is 0 Å². The first-order chi connectivity index (χ1) is 10.6. The van der Waals surface area contributed by atoms with Crippen LogP contribution in [0.15, 0.2) is 29.6 Å². The molecule has 0 saturated heterocycles. The van der Waals surface area contributed by atoms with Crippen molar-refractivity contribution in [1.29, 1.82) is 0 Å². The first-order valence-corrected chi connectivity index (χ1v) is 8.54. The van der Waals surface area contributed by atoms with Crippen molar-refractivity contribution in [3.05, 3.63) is 35.5 Å². The largest absolute Gasteiger partial charge is 0.302 e. The number of nitrogens with one attached hydrogen (secondary N) is 1. The third kappa shape index (κ3) is 4.37. The van der Waals surface area contributed by atoms with Crippen LogP contribution < -0.4 is 5.32 Å². The van der Waals surface area contributed by atoms with E-state index < -0.39 is 0 Å². The highest BCUT2D eigenvalue weighted by atomic mass is 32.1. The van der Waals surface area contributed by atoms with Crippen molar-refractivity contribution < 1.29 is 9.18 Å². The average Bonchev–Trinajstić information content (AvgIpc) is 2.97. The van der Waals surface area contributed by atoms with Gasteiger partial charge in [0.05, 0.1) is 5.69 Å². The quantitative estimate of drug-likeness (QED) is 0.771. The van der Waals surface area contributed by atoms with E-state index in [9.17, 15) is 9.18 Å². The predicted octanol–water partition coefficient (Wildman–Crippen LogP) is 5.10. The molecule has 1 amide bonds. The van der Waals surface area contributed by atoms with Crippen LogP contribution in [0.25, 0.3) is 11.3 Å². The molecule has 118 valence electrons. The van der Waals surface area contributed by atoms with Crippen LogP contribution in [0.4, 0.5) is 9.52 Å². The minimum atomic E-state index is -0.269. The van der Waals surface area contributed by atoms with Gasteiger partial charge in [-0.3, -0.25) is 4.79 Å². The first-order valence-electron chi connectivity index (χ1n) is 7.66. The van der Waals surface area contributed by atoms with Crippen molar-refractivity contribution in [2.45, 2.75) is 39.5 Å². The minimum Gasteiger partial charge on any atom is -0.302 e. The normalized spacial score (nSPS) is 12.1. The number of amides is 1. The van der Waals surface area contributed by atoms with E-state index in [-0.39, 0.29) is 17.6 Å². The lowest BCUT2D eigenvalue weighted by molar-refractivity contribution is -0.120. The van der Waals surface area contributed by atoms with Crippen LogP contribution in [-0.4, -0.2) is 10.9 Å². The second-order valence-corrected chi connectivity index (χ2v) is 6.14. The fourth-order valence-electron chi connectivity index (χ4n) is 2.26. The fraction of sp³-hybridized carbons (Fsp3) is 0.412. The Morgan fingerprint density at radius 2 is 2.05 bits per heavy atom. The van der Waals surface area contributed by atoms with Gasteiger partial charge in [0.15, 0.2) is 5.13 Å². The van der Waals surface area contributed by atoms with Gasteiger partial charge in [-0.25, -0.2) is 9.37 Å². The Morgan fingerprint density at radius 1 is 1.32 bits per heavy atom. The first kappa shape index (κ1) is 16.6. The van der Waals surface area contributed by atoms with E-state index in [0.29, 0.717) is 5.13 Å². The van der Waals surface area contributed by atoms with E-state index in [0.717, 1.165) is 36.9 Å². The van der Waals surface area contributed by atoms with Crippen LogP contribution in [-0.2, 0) is 4.79 Å². The van der Waals surface area contributed by atoms with Crippen molar-refractivity contribution >= 4 is 22.4 Å². The molecule has 1 heterocycles. The molecule has 0 radical (unpaired) electrons. The maximum absolute atomic E-state index is 12.9. The van der Waals surface area contributed by atoms with E-state index in [1.807, 2.05) is 12.3 Å². The van der Waals surface area contributed by atoms with Crippen LogP contribution in [0.3, 0.4) is 0 Å². The lowest BCUT2D eigenvalue weighted by atomic mass is 9.99. The summed E-state index contributed by atoms with van der Waals surface area (Å²) in [6.45, 7) is 4.16. The standard InChI is InChI=1S/C17H21FN2OS/c1-3-5-6-12(4-2)16(21)20-17-19-15(11-22-17)13-7-9-14(18)10-8-13/h7-12H,3-6H2,1-2H3,(H,19,20,21). The van der Waals surface area contributed by atoms with Gasteiger partial charge >= 0.3 is 0 Å². The van der Waals surface area contributed by atoms with E-state index in [1.54, 1.807) is 12.1 Å². The number of thiazole rings is 1. The zero-order valence-corrected chi connectivity index (χ0v) is 13.8. The highest BCUT2D eigenvalue weighted by Gasteiger charge is 2.17. The zero-order valence-electron chi connectivity index (χ0n) is 12.9. The molecule has 0 aliphatic carbocycles. The van der Waals surface area contributed by atoms with Gasteiger partial charge in [0.1, 0.15) is 5.82 Å². The summed E-state index contributed by atoms with van der Waals surface area (Å²) in [6.07, 6.45) is 3.90. The van der Waals surface area contributed by atoms with E-state index >= 15 is 0 Å². The summed E-state index contributed by atoms with van der Waals surface area (Å²) in [6, 6.07) is 6.19. The van der Waals surface area contributed by atoms with Gasteiger partial charge < -0.3 is 5.32 Å². The van der Waals surface area contributed by atoms with Gasteiger partial charge in [-0.05, 0) is 37.1 Å². The van der Waals surface area contributed by atoms with Gasteiger partial charge in [0.2, 0.25) is 5.91 Å². The number of aromatic nitrogens is 1. The van der Waals surface area contributed by atoms with Crippen molar-refractivity contribution in [3.8, 4) is 11.3 Å². The number of benzene rings is 1. The maximum Gasteiger partial charge on any atom is 0.229 e. The molecule has 0 fully saturated rings. The van der Waals surface area contributed by atoms with Crippen molar-refractivity contribution in [1.82, 2.24) is 4.98 Å². The van der Waals surface area contributed by atoms with Crippen LogP contribution in [0.5, 0.6) is 0 Å². The molecule has 22 heavy (non-hydrogen) atoms. The molecule has 0 bridgehead atoms. The Balaban J connectivity index is 2.02. The molecule has 1 aromatic heterocycles. The second kappa shape index (κ2) is 8.03. The summed E-state index contributed by atoms with van der Waals surface area (Å²) in [4.78, 5) is 16.7. The Bertz CT molecular complexity index is 609. The molecule has 5 heteroatoms. The summed E-state index contributed by atoms with van der Waals surface area (Å²) < 4.78 is 12.9. The highest BCUT2D eigenvalue weighted by Crippen LogP contribution is 2.26. The molecule has 1 N–H and O–H groups in total. The van der Waals surface area contributed by atoms with E-state index in [2.05, 4.69) is 17.2 Å². The number of nitrogens with zero attached hydrogens (tertiary/aromatic N) is 1. The highest BCUT2D eigenvalue weighted by molar-refractivity contribution is 7.14. The molecule has 1 unspecified atom stereocenters. The lowest BCUT2D eigenvalue weighted by Crippen LogP contribution is -2.22. The topological polar surface area (TPSA) is 42.0 Å². The SMILES string of the molecule is CCCCC(CC)C(=O)Nc1nc(-c2ccc(F)cc2)cs1. The molecule has 0 aliphatic heterocycles. The summed E-state index contributed by atoms with van der Waals surface area (Å²) >= 11 is 1.39. The maximum atomic E-state index is 12.9. The third-order valence-electron chi connectivity index (χ3n) is 3.64. The number of halogens is 1. The monoisotopic (exact) mass is 320 g/mol. The zero-order chi connectivity index (χ0) is 15.9. The van der Waals surface area contributed by atoms with Gasteiger partial charge in [0, 0.05) is 16.9 Å².